The number of aryl methyl sites for hydroxylation is 1. The summed E-state index contributed by atoms with van der Waals surface area (Å²) in [7, 11) is 0. The summed E-state index contributed by atoms with van der Waals surface area (Å²) in [5.74, 6) is -1.46. The Morgan fingerprint density at radius 2 is 2.29 bits per heavy atom. The molecule has 90 valence electrons. The Bertz CT molecular complexity index is 512. The average Bonchev–Trinajstić information content (AvgIpc) is 2.66. The highest BCUT2D eigenvalue weighted by molar-refractivity contribution is 6.05. The summed E-state index contributed by atoms with van der Waals surface area (Å²) in [6, 6.07) is 4.32. The van der Waals surface area contributed by atoms with Gasteiger partial charge >= 0.3 is 5.97 Å². The van der Waals surface area contributed by atoms with Crippen LogP contribution in [0.15, 0.2) is 23.4 Å². The van der Waals surface area contributed by atoms with Gasteiger partial charge in [-0.05, 0) is 31.5 Å². The van der Waals surface area contributed by atoms with Gasteiger partial charge in [0.15, 0.2) is 0 Å². The Morgan fingerprint density at radius 3 is 2.88 bits per heavy atom. The molecule has 1 aliphatic heterocycles. The molecule has 0 saturated carbocycles. The van der Waals surface area contributed by atoms with Gasteiger partial charge < -0.3 is 9.94 Å². The fourth-order valence-corrected chi connectivity index (χ4v) is 1.70. The van der Waals surface area contributed by atoms with Crippen molar-refractivity contribution in [1.29, 1.82) is 0 Å². The second-order valence-corrected chi connectivity index (χ2v) is 4.30. The first-order valence-electron chi connectivity index (χ1n) is 5.17. The van der Waals surface area contributed by atoms with E-state index in [2.05, 4.69) is 5.16 Å². The van der Waals surface area contributed by atoms with E-state index < -0.39 is 11.6 Å². The predicted molar refractivity (Wildman–Crippen MR) is 59.4 cm³/mol. The molecule has 1 aliphatic rings. The maximum atomic E-state index is 13.1. The van der Waals surface area contributed by atoms with Gasteiger partial charge in [-0.1, -0.05) is 11.2 Å². The van der Waals surface area contributed by atoms with Gasteiger partial charge in [-0.2, -0.15) is 0 Å². The van der Waals surface area contributed by atoms with E-state index in [9.17, 15) is 9.18 Å². The normalized spacial score (nSPS) is 23.1. The number of benzene rings is 1. The molecule has 0 spiro atoms. The summed E-state index contributed by atoms with van der Waals surface area (Å²) in [5, 5.41) is 12.7. The fourth-order valence-electron chi connectivity index (χ4n) is 1.70. The zero-order chi connectivity index (χ0) is 12.6. The van der Waals surface area contributed by atoms with Gasteiger partial charge in [-0.15, -0.1) is 0 Å². The molecule has 0 saturated heterocycles. The summed E-state index contributed by atoms with van der Waals surface area (Å²) in [4.78, 5) is 15.9. The van der Waals surface area contributed by atoms with Gasteiger partial charge in [0, 0.05) is 12.0 Å². The number of hydrogen-bond acceptors (Lipinski definition) is 3. The molecule has 1 aromatic carbocycles. The topological polar surface area (TPSA) is 58.9 Å². The molecular formula is C12H12FNO3. The molecule has 1 atom stereocenters. The second kappa shape index (κ2) is 3.84. The molecule has 0 aliphatic carbocycles. The van der Waals surface area contributed by atoms with Crippen LogP contribution in [-0.2, 0) is 9.63 Å². The van der Waals surface area contributed by atoms with E-state index in [0.29, 0.717) is 11.3 Å². The minimum Gasteiger partial charge on any atom is -0.478 e. The lowest BCUT2D eigenvalue weighted by atomic mass is 9.94. The molecule has 0 radical (unpaired) electrons. The van der Waals surface area contributed by atoms with E-state index in [1.54, 1.807) is 6.07 Å². The number of oxime groups is 1. The summed E-state index contributed by atoms with van der Waals surface area (Å²) in [5.41, 5.74) is 0.541. The zero-order valence-corrected chi connectivity index (χ0v) is 9.53. The monoisotopic (exact) mass is 237 g/mol. The maximum Gasteiger partial charge on any atom is 0.351 e. The molecule has 2 rings (SSSR count). The molecule has 0 aromatic heterocycles. The summed E-state index contributed by atoms with van der Waals surface area (Å²) in [6.45, 7) is 3.26. The maximum absolute atomic E-state index is 13.1. The predicted octanol–water partition coefficient (Wildman–Crippen LogP) is 2.10. The third-order valence-corrected chi connectivity index (χ3v) is 2.83. The first-order chi connectivity index (χ1) is 7.92. The largest absolute Gasteiger partial charge is 0.478 e. The standard InChI is InChI=1S/C12H12FNO3/c1-7-3-4-8(13)5-9(7)10-6-12(2,11(15)16)17-14-10/h3-5H,6H2,1-2H3,(H,15,16). The van der Waals surface area contributed by atoms with Crippen molar-refractivity contribution in [3.8, 4) is 0 Å². The number of hydrogen-bond donors (Lipinski definition) is 1. The Morgan fingerprint density at radius 1 is 1.59 bits per heavy atom. The van der Waals surface area contributed by atoms with Crippen molar-refractivity contribution in [1.82, 2.24) is 0 Å². The van der Waals surface area contributed by atoms with Crippen molar-refractivity contribution in [2.75, 3.05) is 0 Å². The summed E-state index contributed by atoms with van der Waals surface area (Å²) in [6.07, 6.45) is 0.132. The molecule has 5 heteroatoms. The average molecular weight is 237 g/mol. The van der Waals surface area contributed by atoms with E-state index in [4.69, 9.17) is 9.94 Å². The third-order valence-electron chi connectivity index (χ3n) is 2.83. The fraction of sp³-hybridized carbons (Fsp3) is 0.333. The molecule has 0 amide bonds. The molecule has 0 fully saturated rings. The van der Waals surface area contributed by atoms with Gasteiger partial charge in [0.05, 0.1) is 5.71 Å². The van der Waals surface area contributed by atoms with Gasteiger partial charge in [-0.25, -0.2) is 9.18 Å². The minimum absolute atomic E-state index is 0.132. The quantitative estimate of drug-likeness (QED) is 0.856. The summed E-state index contributed by atoms with van der Waals surface area (Å²) < 4.78 is 13.1. The van der Waals surface area contributed by atoms with Crippen LogP contribution in [0, 0.1) is 12.7 Å². The third kappa shape index (κ3) is 2.00. The van der Waals surface area contributed by atoms with Crippen molar-refractivity contribution >= 4 is 11.7 Å². The lowest BCUT2D eigenvalue weighted by Gasteiger charge is -2.14. The van der Waals surface area contributed by atoms with E-state index in [1.165, 1.54) is 19.1 Å². The summed E-state index contributed by atoms with van der Waals surface area (Å²) >= 11 is 0. The van der Waals surface area contributed by atoms with Crippen molar-refractivity contribution in [3.05, 3.63) is 35.1 Å². The number of rotatable bonds is 2. The SMILES string of the molecule is Cc1ccc(F)cc1C1=NOC(C)(C(=O)O)C1. The van der Waals surface area contributed by atoms with Crippen LogP contribution in [0.2, 0.25) is 0 Å². The number of carbonyl (C=O) groups is 1. The lowest BCUT2D eigenvalue weighted by molar-refractivity contribution is -0.160. The molecule has 0 bridgehead atoms. The minimum atomic E-state index is -1.35. The van der Waals surface area contributed by atoms with Crippen molar-refractivity contribution in [2.45, 2.75) is 25.9 Å². The van der Waals surface area contributed by atoms with Gasteiger partial charge in [0.1, 0.15) is 5.82 Å². The number of carboxylic acids is 1. The second-order valence-electron chi connectivity index (χ2n) is 4.30. The van der Waals surface area contributed by atoms with Crippen molar-refractivity contribution in [2.24, 2.45) is 5.16 Å². The van der Waals surface area contributed by atoms with Crippen LogP contribution in [0.4, 0.5) is 4.39 Å². The Balaban J connectivity index is 2.32. The van der Waals surface area contributed by atoms with Crippen LogP contribution in [0.5, 0.6) is 0 Å². The Hall–Kier alpha value is -1.91. The van der Waals surface area contributed by atoms with Crippen LogP contribution in [0.25, 0.3) is 0 Å². The van der Waals surface area contributed by atoms with Crippen molar-refractivity contribution in [3.63, 3.8) is 0 Å². The highest BCUT2D eigenvalue weighted by Crippen LogP contribution is 2.28. The van der Waals surface area contributed by atoms with E-state index >= 15 is 0 Å². The first kappa shape index (κ1) is 11.6. The zero-order valence-electron chi connectivity index (χ0n) is 9.53. The number of carboxylic acid groups (broad SMARTS) is 1. The van der Waals surface area contributed by atoms with Crippen molar-refractivity contribution < 1.29 is 19.1 Å². The van der Waals surface area contributed by atoms with Gasteiger partial charge in [0.25, 0.3) is 0 Å². The van der Waals surface area contributed by atoms with Gasteiger partial charge in [-0.3, -0.25) is 0 Å². The number of aliphatic carboxylic acids is 1. The molecule has 1 unspecified atom stereocenters. The molecule has 1 N–H and O–H groups in total. The van der Waals surface area contributed by atoms with Crippen LogP contribution >= 0.6 is 0 Å². The molecule has 4 nitrogen and oxygen atoms in total. The Kier molecular flexibility index (Phi) is 2.61. The van der Waals surface area contributed by atoms with Crippen LogP contribution in [-0.4, -0.2) is 22.4 Å². The molecule has 1 heterocycles. The van der Waals surface area contributed by atoms with E-state index in [-0.39, 0.29) is 12.2 Å². The smallest absolute Gasteiger partial charge is 0.351 e. The van der Waals surface area contributed by atoms with Crippen LogP contribution in [0.1, 0.15) is 24.5 Å². The number of nitrogens with zero attached hydrogens (tertiary/aromatic N) is 1. The van der Waals surface area contributed by atoms with Gasteiger partial charge in [0.2, 0.25) is 5.60 Å². The molecule has 17 heavy (non-hydrogen) atoms. The molecular weight excluding hydrogens is 225 g/mol. The van der Waals surface area contributed by atoms with E-state index in [0.717, 1.165) is 5.56 Å². The van der Waals surface area contributed by atoms with Crippen LogP contribution in [0.3, 0.4) is 0 Å². The van der Waals surface area contributed by atoms with E-state index in [1.807, 2.05) is 6.92 Å². The highest BCUT2D eigenvalue weighted by Gasteiger charge is 2.42. The van der Waals surface area contributed by atoms with Crippen LogP contribution < -0.4 is 0 Å². The first-order valence-corrected chi connectivity index (χ1v) is 5.17. The number of halogens is 1. The molecule has 1 aromatic rings. The lowest BCUT2D eigenvalue weighted by Crippen LogP contribution is -2.35. The Labute approximate surface area is 97.7 Å². The highest BCUT2D eigenvalue weighted by atomic mass is 19.1.